The number of unbranched alkanes of at least 4 members (excludes halogenated alkanes) is 5. The largest absolute Gasteiger partial charge is 0.303 e. The lowest BCUT2D eigenvalue weighted by atomic mass is 10.1. The van der Waals surface area contributed by atoms with E-state index in [1.54, 1.807) is 0 Å². The quantitative estimate of drug-likeness (QED) is 0.306. The lowest BCUT2D eigenvalue weighted by Gasteiger charge is -1.99. The highest BCUT2D eigenvalue weighted by Gasteiger charge is 1.90. The van der Waals surface area contributed by atoms with Crippen molar-refractivity contribution in [3.8, 4) is 0 Å². The van der Waals surface area contributed by atoms with Crippen molar-refractivity contribution in [2.45, 2.75) is 65.2 Å². The zero-order valence-electron chi connectivity index (χ0n) is 9.72. The summed E-state index contributed by atoms with van der Waals surface area (Å²) >= 11 is 0. The summed E-state index contributed by atoms with van der Waals surface area (Å²) in [6, 6.07) is 0. The molecule has 0 aliphatic carbocycles. The van der Waals surface area contributed by atoms with Gasteiger partial charge >= 0.3 is 0 Å². The number of aldehydes is 1. The second-order valence-corrected chi connectivity index (χ2v) is 3.96. The molecular weight excluding hydrogens is 172 g/mol. The molecule has 0 saturated heterocycles. The molecule has 0 aromatic rings. The maximum atomic E-state index is 10.1. The summed E-state index contributed by atoms with van der Waals surface area (Å²) in [4.78, 5) is 10.1. The first-order valence-electron chi connectivity index (χ1n) is 5.90. The topological polar surface area (TPSA) is 17.1 Å². The molecule has 0 unspecified atom stereocenters. The fourth-order valence-corrected chi connectivity index (χ4v) is 1.49. The van der Waals surface area contributed by atoms with Crippen LogP contribution in [0, 0.1) is 0 Å². The predicted molar refractivity (Wildman–Crippen MR) is 62.4 cm³/mol. The van der Waals surface area contributed by atoms with Gasteiger partial charge in [0.1, 0.15) is 6.29 Å². The lowest BCUT2D eigenvalue weighted by molar-refractivity contribution is -0.107. The molecule has 0 radical (unpaired) electrons. The van der Waals surface area contributed by atoms with Gasteiger partial charge in [-0.2, -0.15) is 0 Å². The summed E-state index contributed by atoms with van der Waals surface area (Å²) in [5, 5.41) is 0. The SMILES string of the molecule is CCCCCCCC=C(C)CCC=O. The van der Waals surface area contributed by atoms with E-state index >= 15 is 0 Å². The van der Waals surface area contributed by atoms with Crippen LogP contribution in [0.15, 0.2) is 11.6 Å². The minimum Gasteiger partial charge on any atom is -0.303 e. The summed E-state index contributed by atoms with van der Waals surface area (Å²) in [5.74, 6) is 0. The zero-order chi connectivity index (χ0) is 10.6. The molecule has 0 saturated carbocycles. The van der Waals surface area contributed by atoms with Crippen molar-refractivity contribution in [3.05, 3.63) is 11.6 Å². The van der Waals surface area contributed by atoms with Crippen molar-refractivity contribution >= 4 is 6.29 Å². The molecule has 1 heteroatoms. The summed E-state index contributed by atoms with van der Waals surface area (Å²) in [6.07, 6.45) is 12.8. The monoisotopic (exact) mass is 196 g/mol. The zero-order valence-corrected chi connectivity index (χ0v) is 9.72. The van der Waals surface area contributed by atoms with E-state index in [1.165, 1.54) is 44.1 Å². The van der Waals surface area contributed by atoms with Crippen LogP contribution in [0.3, 0.4) is 0 Å². The van der Waals surface area contributed by atoms with Gasteiger partial charge in [0.05, 0.1) is 0 Å². The molecule has 0 heterocycles. The van der Waals surface area contributed by atoms with Crippen LogP contribution in [0.5, 0.6) is 0 Å². The van der Waals surface area contributed by atoms with Gasteiger partial charge in [-0.05, 0) is 26.2 Å². The summed E-state index contributed by atoms with van der Waals surface area (Å²) in [7, 11) is 0. The molecule has 0 bridgehead atoms. The van der Waals surface area contributed by atoms with Gasteiger partial charge in [0.15, 0.2) is 0 Å². The summed E-state index contributed by atoms with van der Waals surface area (Å²) in [5.41, 5.74) is 1.37. The molecule has 0 rings (SSSR count). The van der Waals surface area contributed by atoms with Crippen LogP contribution in [-0.2, 0) is 4.79 Å². The molecule has 0 amide bonds. The molecule has 0 aromatic heterocycles. The van der Waals surface area contributed by atoms with Crippen LogP contribution in [0.2, 0.25) is 0 Å². The Labute approximate surface area is 88.6 Å². The van der Waals surface area contributed by atoms with Gasteiger partial charge in [-0.1, -0.05) is 44.3 Å². The van der Waals surface area contributed by atoms with Crippen molar-refractivity contribution in [2.75, 3.05) is 0 Å². The fourth-order valence-electron chi connectivity index (χ4n) is 1.49. The first-order chi connectivity index (χ1) is 6.81. The standard InChI is InChI=1S/C13H24O/c1-3-4-5-6-7-8-10-13(2)11-9-12-14/h10,12H,3-9,11H2,1-2H3. The molecular formula is C13H24O. The number of carbonyl (C=O) groups excluding carboxylic acids is 1. The highest BCUT2D eigenvalue weighted by atomic mass is 16.1. The summed E-state index contributed by atoms with van der Waals surface area (Å²) < 4.78 is 0. The van der Waals surface area contributed by atoms with E-state index < -0.39 is 0 Å². The number of hydrogen-bond donors (Lipinski definition) is 0. The molecule has 0 fully saturated rings. The first-order valence-corrected chi connectivity index (χ1v) is 5.90. The third kappa shape index (κ3) is 9.50. The molecule has 0 aliphatic heterocycles. The maximum absolute atomic E-state index is 10.1. The van der Waals surface area contributed by atoms with Gasteiger partial charge < -0.3 is 4.79 Å². The molecule has 82 valence electrons. The van der Waals surface area contributed by atoms with Crippen molar-refractivity contribution < 1.29 is 4.79 Å². The van der Waals surface area contributed by atoms with E-state index in [-0.39, 0.29) is 0 Å². The Bertz CT molecular complexity index is 159. The smallest absolute Gasteiger partial charge is 0.120 e. The van der Waals surface area contributed by atoms with Gasteiger partial charge in [0, 0.05) is 6.42 Å². The van der Waals surface area contributed by atoms with Gasteiger partial charge in [0.2, 0.25) is 0 Å². The van der Waals surface area contributed by atoms with Crippen LogP contribution >= 0.6 is 0 Å². The van der Waals surface area contributed by atoms with Gasteiger partial charge in [-0.3, -0.25) is 0 Å². The normalized spacial score (nSPS) is 11.7. The Kier molecular flexibility index (Phi) is 10.0. The van der Waals surface area contributed by atoms with E-state index in [1.807, 2.05) is 0 Å². The van der Waals surface area contributed by atoms with Crippen molar-refractivity contribution in [2.24, 2.45) is 0 Å². The molecule has 0 aromatic carbocycles. The molecule has 1 nitrogen and oxygen atoms in total. The molecule has 0 aliphatic rings. The predicted octanol–water partition coefficient (Wildman–Crippen LogP) is 4.27. The Morgan fingerprint density at radius 1 is 1.07 bits per heavy atom. The Morgan fingerprint density at radius 2 is 1.79 bits per heavy atom. The third-order valence-corrected chi connectivity index (χ3v) is 2.46. The van der Waals surface area contributed by atoms with E-state index in [0.717, 1.165) is 12.7 Å². The third-order valence-electron chi connectivity index (χ3n) is 2.46. The van der Waals surface area contributed by atoms with E-state index in [2.05, 4.69) is 19.9 Å². The maximum Gasteiger partial charge on any atom is 0.120 e. The number of allylic oxidation sites excluding steroid dienone is 2. The molecule has 14 heavy (non-hydrogen) atoms. The van der Waals surface area contributed by atoms with Gasteiger partial charge in [-0.25, -0.2) is 0 Å². The van der Waals surface area contributed by atoms with Crippen LogP contribution in [0.4, 0.5) is 0 Å². The van der Waals surface area contributed by atoms with Crippen molar-refractivity contribution in [3.63, 3.8) is 0 Å². The second-order valence-electron chi connectivity index (χ2n) is 3.96. The lowest BCUT2D eigenvalue weighted by Crippen LogP contribution is -1.81. The minimum absolute atomic E-state index is 0.679. The number of carbonyl (C=O) groups is 1. The molecule has 0 atom stereocenters. The van der Waals surface area contributed by atoms with E-state index in [4.69, 9.17) is 0 Å². The van der Waals surface area contributed by atoms with E-state index in [9.17, 15) is 4.79 Å². The second kappa shape index (κ2) is 10.5. The van der Waals surface area contributed by atoms with Gasteiger partial charge in [-0.15, -0.1) is 0 Å². The first kappa shape index (κ1) is 13.4. The molecule has 0 spiro atoms. The Balaban J connectivity index is 3.27. The average molecular weight is 196 g/mol. The van der Waals surface area contributed by atoms with Crippen molar-refractivity contribution in [1.29, 1.82) is 0 Å². The van der Waals surface area contributed by atoms with Crippen LogP contribution < -0.4 is 0 Å². The van der Waals surface area contributed by atoms with Crippen LogP contribution in [-0.4, -0.2) is 6.29 Å². The number of rotatable bonds is 9. The van der Waals surface area contributed by atoms with Gasteiger partial charge in [0.25, 0.3) is 0 Å². The van der Waals surface area contributed by atoms with Crippen LogP contribution in [0.1, 0.15) is 65.2 Å². The average Bonchev–Trinajstić information content (AvgIpc) is 2.20. The highest BCUT2D eigenvalue weighted by Crippen LogP contribution is 2.09. The van der Waals surface area contributed by atoms with E-state index in [0.29, 0.717) is 6.42 Å². The Morgan fingerprint density at radius 3 is 2.43 bits per heavy atom. The fraction of sp³-hybridized carbons (Fsp3) is 0.769. The van der Waals surface area contributed by atoms with Crippen molar-refractivity contribution in [1.82, 2.24) is 0 Å². The summed E-state index contributed by atoms with van der Waals surface area (Å²) in [6.45, 7) is 4.36. The minimum atomic E-state index is 0.679. The Hall–Kier alpha value is -0.590. The highest BCUT2D eigenvalue weighted by molar-refractivity contribution is 5.49. The molecule has 0 N–H and O–H groups in total. The number of hydrogen-bond acceptors (Lipinski definition) is 1. The van der Waals surface area contributed by atoms with Crippen LogP contribution in [0.25, 0.3) is 0 Å².